The number of hydrogen-bond donors (Lipinski definition) is 2. The van der Waals surface area contributed by atoms with Gasteiger partial charge in [-0.2, -0.15) is 0 Å². The van der Waals surface area contributed by atoms with E-state index in [0.717, 1.165) is 11.3 Å². The molecule has 2 unspecified atom stereocenters. The van der Waals surface area contributed by atoms with Gasteiger partial charge in [0.25, 0.3) is 0 Å². The van der Waals surface area contributed by atoms with Gasteiger partial charge >= 0.3 is 5.97 Å². The van der Waals surface area contributed by atoms with Crippen LogP contribution in [0.4, 0.5) is 0 Å². The van der Waals surface area contributed by atoms with Crippen molar-refractivity contribution in [1.82, 2.24) is 10.2 Å². The van der Waals surface area contributed by atoms with E-state index in [1.807, 2.05) is 36.1 Å². The predicted octanol–water partition coefficient (Wildman–Crippen LogP) is 1.03. The number of carboxylic acid groups (broad SMARTS) is 1. The second-order valence-electron chi connectivity index (χ2n) is 5.09. The standard InChI is InChI=1S/C15H20N2O4/c1-10(11-3-5-12(21-2)6-4-11)17-8-7-16-15(20)13(17)9-14(18)19/h3-6,10,13H,7-9H2,1-2H3,(H,16,20)(H,18,19). The Kier molecular flexibility index (Phi) is 4.80. The molecule has 21 heavy (non-hydrogen) atoms. The zero-order valence-corrected chi connectivity index (χ0v) is 12.2. The second kappa shape index (κ2) is 6.58. The lowest BCUT2D eigenvalue weighted by molar-refractivity contribution is -0.143. The maximum Gasteiger partial charge on any atom is 0.305 e. The number of carbonyl (C=O) groups is 2. The quantitative estimate of drug-likeness (QED) is 0.847. The molecule has 1 amide bonds. The molecule has 0 radical (unpaired) electrons. The van der Waals surface area contributed by atoms with E-state index in [9.17, 15) is 9.59 Å². The Balaban J connectivity index is 2.19. The fourth-order valence-corrected chi connectivity index (χ4v) is 2.65. The van der Waals surface area contributed by atoms with Gasteiger partial charge in [-0.3, -0.25) is 14.5 Å². The fourth-order valence-electron chi connectivity index (χ4n) is 2.65. The first kappa shape index (κ1) is 15.3. The van der Waals surface area contributed by atoms with E-state index in [4.69, 9.17) is 9.84 Å². The monoisotopic (exact) mass is 292 g/mol. The van der Waals surface area contributed by atoms with Crippen molar-refractivity contribution < 1.29 is 19.4 Å². The Morgan fingerprint density at radius 1 is 1.48 bits per heavy atom. The van der Waals surface area contributed by atoms with Crippen LogP contribution in [-0.2, 0) is 9.59 Å². The Labute approximate surface area is 123 Å². The highest BCUT2D eigenvalue weighted by Crippen LogP contribution is 2.26. The molecule has 6 heteroatoms. The largest absolute Gasteiger partial charge is 0.497 e. The van der Waals surface area contributed by atoms with E-state index >= 15 is 0 Å². The Morgan fingerprint density at radius 3 is 2.71 bits per heavy atom. The average molecular weight is 292 g/mol. The third kappa shape index (κ3) is 3.52. The molecule has 1 heterocycles. The van der Waals surface area contributed by atoms with Crippen LogP contribution in [0.2, 0.25) is 0 Å². The highest BCUT2D eigenvalue weighted by Gasteiger charge is 2.34. The van der Waals surface area contributed by atoms with Crippen LogP contribution in [-0.4, -0.2) is 48.1 Å². The number of carbonyl (C=O) groups excluding carboxylic acids is 1. The van der Waals surface area contributed by atoms with E-state index in [1.165, 1.54) is 0 Å². The summed E-state index contributed by atoms with van der Waals surface area (Å²) in [5, 5.41) is 11.7. The maximum absolute atomic E-state index is 11.9. The molecule has 0 saturated carbocycles. The lowest BCUT2D eigenvalue weighted by Gasteiger charge is -2.38. The second-order valence-corrected chi connectivity index (χ2v) is 5.09. The first-order valence-corrected chi connectivity index (χ1v) is 6.92. The molecule has 2 atom stereocenters. The minimum atomic E-state index is -0.969. The lowest BCUT2D eigenvalue weighted by atomic mass is 10.0. The van der Waals surface area contributed by atoms with Crippen molar-refractivity contribution >= 4 is 11.9 Å². The molecule has 1 saturated heterocycles. The van der Waals surface area contributed by atoms with Crippen LogP contribution >= 0.6 is 0 Å². The summed E-state index contributed by atoms with van der Waals surface area (Å²) in [6, 6.07) is 6.94. The van der Waals surface area contributed by atoms with Crippen molar-refractivity contribution in [3.8, 4) is 5.75 Å². The van der Waals surface area contributed by atoms with E-state index in [-0.39, 0.29) is 18.4 Å². The summed E-state index contributed by atoms with van der Waals surface area (Å²) in [6.45, 7) is 3.15. The minimum absolute atomic E-state index is 0.0358. The number of methoxy groups -OCH3 is 1. The van der Waals surface area contributed by atoms with Crippen LogP contribution in [0.15, 0.2) is 24.3 Å². The summed E-state index contributed by atoms with van der Waals surface area (Å²) in [6.07, 6.45) is -0.188. The zero-order chi connectivity index (χ0) is 15.4. The predicted molar refractivity (Wildman–Crippen MR) is 77.2 cm³/mol. The molecule has 0 bridgehead atoms. The highest BCUT2D eigenvalue weighted by molar-refractivity contribution is 5.86. The number of rotatable bonds is 5. The normalized spacial score (nSPS) is 20.7. The number of nitrogens with zero attached hydrogens (tertiary/aromatic N) is 1. The Bertz CT molecular complexity index is 515. The van der Waals surface area contributed by atoms with Crippen molar-refractivity contribution in [2.24, 2.45) is 0 Å². The number of aliphatic carboxylic acids is 1. The number of hydrogen-bond acceptors (Lipinski definition) is 4. The first-order chi connectivity index (χ1) is 10.0. The molecule has 6 nitrogen and oxygen atoms in total. The number of piperazine rings is 1. The van der Waals surface area contributed by atoms with Gasteiger partial charge in [0, 0.05) is 19.1 Å². The van der Waals surface area contributed by atoms with Gasteiger partial charge < -0.3 is 15.2 Å². The van der Waals surface area contributed by atoms with Crippen LogP contribution in [0.3, 0.4) is 0 Å². The Morgan fingerprint density at radius 2 is 2.14 bits per heavy atom. The van der Waals surface area contributed by atoms with Gasteiger partial charge in [0.2, 0.25) is 5.91 Å². The smallest absolute Gasteiger partial charge is 0.305 e. The summed E-state index contributed by atoms with van der Waals surface area (Å²) >= 11 is 0. The molecule has 0 aromatic heterocycles. The zero-order valence-electron chi connectivity index (χ0n) is 12.2. The number of ether oxygens (including phenoxy) is 1. The number of amides is 1. The molecule has 1 aliphatic heterocycles. The van der Waals surface area contributed by atoms with Gasteiger partial charge in [0.05, 0.1) is 13.5 Å². The van der Waals surface area contributed by atoms with Crippen LogP contribution in [0.5, 0.6) is 5.75 Å². The molecule has 1 fully saturated rings. The summed E-state index contributed by atoms with van der Waals surface area (Å²) < 4.78 is 5.13. The molecule has 1 aliphatic rings. The molecule has 2 N–H and O–H groups in total. The van der Waals surface area contributed by atoms with Crippen molar-refractivity contribution in [2.45, 2.75) is 25.4 Å². The molecular formula is C15H20N2O4. The van der Waals surface area contributed by atoms with Gasteiger partial charge in [-0.15, -0.1) is 0 Å². The van der Waals surface area contributed by atoms with Gasteiger partial charge in [-0.05, 0) is 24.6 Å². The fraction of sp³-hybridized carbons (Fsp3) is 0.467. The number of benzene rings is 1. The maximum atomic E-state index is 11.9. The summed E-state index contributed by atoms with van der Waals surface area (Å²) in [5.41, 5.74) is 1.03. The van der Waals surface area contributed by atoms with Crippen LogP contribution < -0.4 is 10.1 Å². The lowest BCUT2D eigenvalue weighted by Crippen LogP contribution is -2.56. The van der Waals surface area contributed by atoms with Crippen molar-refractivity contribution in [3.05, 3.63) is 29.8 Å². The number of nitrogens with one attached hydrogen (secondary N) is 1. The first-order valence-electron chi connectivity index (χ1n) is 6.92. The number of carboxylic acids is 1. The van der Waals surface area contributed by atoms with Crippen LogP contribution in [0.1, 0.15) is 24.9 Å². The molecule has 1 aromatic rings. The molecule has 0 spiro atoms. The van der Waals surface area contributed by atoms with E-state index in [2.05, 4.69) is 5.32 Å². The SMILES string of the molecule is COc1ccc(C(C)N2CCNC(=O)C2CC(=O)O)cc1. The van der Waals surface area contributed by atoms with Gasteiger partial charge in [-0.1, -0.05) is 12.1 Å². The van der Waals surface area contributed by atoms with Crippen LogP contribution in [0, 0.1) is 0 Å². The minimum Gasteiger partial charge on any atom is -0.497 e. The van der Waals surface area contributed by atoms with Crippen molar-refractivity contribution in [3.63, 3.8) is 0 Å². The van der Waals surface area contributed by atoms with Gasteiger partial charge in [0.15, 0.2) is 0 Å². The van der Waals surface area contributed by atoms with Gasteiger partial charge in [-0.25, -0.2) is 0 Å². The molecule has 2 rings (SSSR count). The molecule has 0 aliphatic carbocycles. The summed E-state index contributed by atoms with van der Waals surface area (Å²) in [5.74, 6) is -0.419. The summed E-state index contributed by atoms with van der Waals surface area (Å²) in [7, 11) is 1.61. The molecule has 1 aromatic carbocycles. The van der Waals surface area contributed by atoms with Crippen molar-refractivity contribution in [1.29, 1.82) is 0 Å². The Hall–Kier alpha value is -2.08. The molecule has 114 valence electrons. The third-order valence-electron chi connectivity index (χ3n) is 3.84. The average Bonchev–Trinajstić information content (AvgIpc) is 2.48. The van der Waals surface area contributed by atoms with E-state index < -0.39 is 12.0 Å². The highest BCUT2D eigenvalue weighted by atomic mass is 16.5. The summed E-state index contributed by atoms with van der Waals surface area (Å²) in [4.78, 5) is 24.9. The van der Waals surface area contributed by atoms with E-state index in [0.29, 0.717) is 13.1 Å². The van der Waals surface area contributed by atoms with Gasteiger partial charge in [0.1, 0.15) is 11.8 Å². The van der Waals surface area contributed by atoms with Crippen LogP contribution in [0.25, 0.3) is 0 Å². The van der Waals surface area contributed by atoms with E-state index in [1.54, 1.807) is 7.11 Å². The topological polar surface area (TPSA) is 78.9 Å². The van der Waals surface area contributed by atoms with Crippen molar-refractivity contribution in [2.75, 3.05) is 20.2 Å². The third-order valence-corrected chi connectivity index (χ3v) is 3.84. The molecular weight excluding hydrogens is 272 g/mol.